The number of rotatable bonds is 8. The van der Waals surface area contributed by atoms with E-state index in [1.54, 1.807) is 0 Å². The Morgan fingerprint density at radius 3 is 2.57 bits per heavy atom. The van der Waals surface area contributed by atoms with Crippen LogP contribution in [0, 0.1) is 5.92 Å². The van der Waals surface area contributed by atoms with Gasteiger partial charge in [-0.25, -0.2) is 0 Å². The number of carboxylic acid groups (broad SMARTS) is 1. The van der Waals surface area contributed by atoms with Gasteiger partial charge in [-0.3, -0.25) is 9.69 Å². The Hall–Kier alpha value is -1.75. The van der Waals surface area contributed by atoms with Crippen molar-refractivity contribution >= 4 is 5.97 Å². The number of carboxylic acids is 1. The molecule has 0 aromatic heterocycles. The van der Waals surface area contributed by atoms with Crippen LogP contribution in [-0.4, -0.2) is 48.8 Å². The lowest BCUT2D eigenvalue weighted by Gasteiger charge is -2.16. The van der Waals surface area contributed by atoms with Gasteiger partial charge >= 0.3 is 5.97 Å². The molecule has 1 aromatic carbocycles. The number of hydrogen-bond acceptors (Lipinski definition) is 4. The number of nitrogens with zero attached hydrogens (tertiary/aromatic N) is 1. The predicted molar refractivity (Wildman–Crippen MR) is 79.9 cm³/mol. The zero-order valence-electron chi connectivity index (χ0n) is 12.5. The Balaban J connectivity index is 1.66. The van der Waals surface area contributed by atoms with Crippen molar-refractivity contribution in [3.8, 4) is 11.5 Å². The average Bonchev–Trinajstić information content (AvgIpc) is 2.88. The number of aliphatic carboxylic acids is 1. The molecule has 1 aromatic rings. The van der Waals surface area contributed by atoms with Gasteiger partial charge in [0.1, 0.15) is 18.1 Å². The Kier molecular flexibility index (Phi) is 5.87. The van der Waals surface area contributed by atoms with E-state index in [0.717, 1.165) is 37.6 Å². The summed E-state index contributed by atoms with van der Waals surface area (Å²) in [5.41, 5.74) is 0. The minimum atomic E-state index is -0.701. The second-order valence-electron chi connectivity index (χ2n) is 5.31. The SMILES string of the molecule is CCOc1ccc(OCCN2CCC(CC(=O)O)C2)cc1. The zero-order valence-corrected chi connectivity index (χ0v) is 12.5. The Morgan fingerprint density at radius 2 is 1.95 bits per heavy atom. The van der Waals surface area contributed by atoms with Gasteiger partial charge in [0.25, 0.3) is 0 Å². The summed E-state index contributed by atoms with van der Waals surface area (Å²) >= 11 is 0. The molecule has 21 heavy (non-hydrogen) atoms. The number of likely N-dealkylation sites (tertiary alicyclic amines) is 1. The van der Waals surface area contributed by atoms with Gasteiger partial charge in [-0.2, -0.15) is 0 Å². The van der Waals surface area contributed by atoms with E-state index in [-0.39, 0.29) is 12.3 Å². The second kappa shape index (κ2) is 7.88. The molecule has 0 saturated carbocycles. The normalized spacial score (nSPS) is 18.6. The van der Waals surface area contributed by atoms with Crippen LogP contribution in [0.25, 0.3) is 0 Å². The number of hydrogen-bond donors (Lipinski definition) is 1. The lowest BCUT2D eigenvalue weighted by Crippen LogP contribution is -2.26. The molecule has 1 heterocycles. The maximum Gasteiger partial charge on any atom is 0.303 e. The predicted octanol–water partition coefficient (Wildman–Crippen LogP) is 2.26. The molecule has 0 aliphatic carbocycles. The molecule has 1 aliphatic heterocycles. The fourth-order valence-electron chi connectivity index (χ4n) is 2.62. The summed E-state index contributed by atoms with van der Waals surface area (Å²) in [7, 11) is 0. The van der Waals surface area contributed by atoms with E-state index in [1.807, 2.05) is 31.2 Å². The van der Waals surface area contributed by atoms with Crippen LogP contribution in [0.1, 0.15) is 19.8 Å². The van der Waals surface area contributed by atoms with E-state index in [1.165, 1.54) is 0 Å². The fourth-order valence-corrected chi connectivity index (χ4v) is 2.62. The number of ether oxygens (including phenoxy) is 2. The first-order valence-electron chi connectivity index (χ1n) is 7.47. The van der Waals surface area contributed by atoms with Crippen molar-refractivity contribution in [1.82, 2.24) is 4.90 Å². The molecule has 2 rings (SSSR count). The molecule has 0 spiro atoms. The van der Waals surface area contributed by atoms with Gasteiger partial charge in [0.15, 0.2) is 0 Å². The van der Waals surface area contributed by atoms with E-state index in [4.69, 9.17) is 14.6 Å². The highest BCUT2D eigenvalue weighted by Gasteiger charge is 2.23. The molecule has 0 radical (unpaired) electrons. The largest absolute Gasteiger partial charge is 0.494 e. The first-order valence-corrected chi connectivity index (χ1v) is 7.47. The van der Waals surface area contributed by atoms with Crippen molar-refractivity contribution in [2.45, 2.75) is 19.8 Å². The molecule has 1 aliphatic rings. The first kappa shape index (κ1) is 15.6. The maximum absolute atomic E-state index is 10.7. The molecule has 1 saturated heterocycles. The van der Waals surface area contributed by atoms with Crippen LogP contribution in [0.5, 0.6) is 11.5 Å². The van der Waals surface area contributed by atoms with E-state index < -0.39 is 5.97 Å². The second-order valence-corrected chi connectivity index (χ2v) is 5.31. The third-order valence-corrected chi connectivity index (χ3v) is 3.64. The van der Waals surface area contributed by atoms with Crippen LogP contribution in [0.4, 0.5) is 0 Å². The smallest absolute Gasteiger partial charge is 0.303 e. The minimum absolute atomic E-state index is 0.274. The minimum Gasteiger partial charge on any atom is -0.494 e. The van der Waals surface area contributed by atoms with Gasteiger partial charge in [0.05, 0.1) is 6.61 Å². The molecule has 1 unspecified atom stereocenters. The van der Waals surface area contributed by atoms with Crippen LogP contribution in [0.2, 0.25) is 0 Å². The number of carbonyl (C=O) groups is 1. The van der Waals surface area contributed by atoms with Crippen molar-refractivity contribution in [2.24, 2.45) is 5.92 Å². The van der Waals surface area contributed by atoms with Crippen LogP contribution in [-0.2, 0) is 4.79 Å². The average molecular weight is 293 g/mol. The van der Waals surface area contributed by atoms with E-state index in [9.17, 15) is 4.79 Å². The standard InChI is InChI=1S/C16H23NO4/c1-2-20-14-3-5-15(6-4-14)21-10-9-17-8-7-13(12-17)11-16(18)19/h3-6,13H,2,7-12H2,1H3,(H,18,19). The van der Waals surface area contributed by atoms with E-state index in [2.05, 4.69) is 4.90 Å². The van der Waals surface area contributed by atoms with Gasteiger partial charge in [-0.15, -0.1) is 0 Å². The van der Waals surface area contributed by atoms with E-state index >= 15 is 0 Å². The molecule has 0 bridgehead atoms. The summed E-state index contributed by atoms with van der Waals surface area (Å²) in [6.45, 7) is 5.89. The topological polar surface area (TPSA) is 59.0 Å². The maximum atomic E-state index is 10.7. The van der Waals surface area contributed by atoms with Gasteiger partial charge in [-0.1, -0.05) is 0 Å². The van der Waals surface area contributed by atoms with Crippen LogP contribution < -0.4 is 9.47 Å². The summed E-state index contributed by atoms with van der Waals surface area (Å²) in [6.07, 6.45) is 1.24. The highest BCUT2D eigenvalue weighted by Crippen LogP contribution is 2.20. The quantitative estimate of drug-likeness (QED) is 0.796. The Morgan fingerprint density at radius 1 is 1.29 bits per heavy atom. The van der Waals surface area contributed by atoms with Crippen molar-refractivity contribution in [3.05, 3.63) is 24.3 Å². The lowest BCUT2D eigenvalue weighted by atomic mass is 10.1. The van der Waals surface area contributed by atoms with Crippen molar-refractivity contribution in [1.29, 1.82) is 0 Å². The summed E-state index contributed by atoms with van der Waals surface area (Å²) in [5, 5.41) is 8.79. The monoisotopic (exact) mass is 293 g/mol. The van der Waals surface area contributed by atoms with E-state index in [0.29, 0.717) is 13.2 Å². The molecule has 1 fully saturated rings. The zero-order chi connectivity index (χ0) is 15.1. The summed E-state index contributed by atoms with van der Waals surface area (Å²) in [5.74, 6) is 1.26. The number of benzene rings is 1. The first-order chi connectivity index (χ1) is 10.2. The lowest BCUT2D eigenvalue weighted by molar-refractivity contribution is -0.138. The van der Waals surface area contributed by atoms with Crippen molar-refractivity contribution < 1.29 is 19.4 Å². The fraction of sp³-hybridized carbons (Fsp3) is 0.562. The molecular formula is C16H23NO4. The van der Waals surface area contributed by atoms with Crippen LogP contribution in [0.3, 0.4) is 0 Å². The van der Waals surface area contributed by atoms with Gasteiger partial charge in [0, 0.05) is 19.5 Å². The van der Waals surface area contributed by atoms with Crippen molar-refractivity contribution in [2.75, 3.05) is 32.8 Å². The highest BCUT2D eigenvalue weighted by molar-refractivity contribution is 5.67. The molecule has 1 N–H and O–H groups in total. The molecule has 1 atom stereocenters. The molecule has 116 valence electrons. The van der Waals surface area contributed by atoms with Gasteiger partial charge < -0.3 is 14.6 Å². The van der Waals surface area contributed by atoms with Gasteiger partial charge in [-0.05, 0) is 50.1 Å². The van der Waals surface area contributed by atoms with Crippen LogP contribution in [0.15, 0.2) is 24.3 Å². The summed E-state index contributed by atoms with van der Waals surface area (Å²) in [6, 6.07) is 7.61. The highest BCUT2D eigenvalue weighted by atomic mass is 16.5. The Labute approximate surface area is 125 Å². The van der Waals surface area contributed by atoms with Crippen LogP contribution >= 0.6 is 0 Å². The Bertz CT molecular complexity index is 446. The molecule has 5 heteroatoms. The molecular weight excluding hydrogens is 270 g/mol. The third kappa shape index (κ3) is 5.27. The summed E-state index contributed by atoms with van der Waals surface area (Å²) in [4.78, 5) is 12.9. The van der Waals surface area contributed by atoms with Gasteiger partial charge in [0.2, 0.25) is 0 Å². The molecule has 5 nitrogen and oxygen atoms in total. The summed E-state index contributed by atoms with van der Waals surface area (Å²) < 4.78 is 11.1. The third-order valence-electron chi connectivity index (χ3n) is 3.64. The van der Waals surface area contributed by atoms with Crippen molar-refractivity contribution in [3.63, 3.8) is 0 Å². The molecule has 0 amide bonds.